The third kappa shape index (κ3) is 4.67. The number of anilines is 2. The van der Waals surface area contributed by atoms with Gasteiger partial charge in [-0.1, -0.05) is 0 Å². The van der Waals surface area contributed by atoms with E-state index in [-0.39, 0.29) is 5.91 Å². The number of piperazine rings is 1. The van der Waals surface area contributed by atoms with E-state index in [2.05, 4.69) is 20.2 Å². The molecular formula is C20H27N5O2. The topological polar surface area (TPSA) is 70.6 Å². The van der Waals surface area contributed by atoms with Gasteiger partial charge in [-0.05, 0) is 45.0 Å². The van der Waals surface area contributed by atoms with Crippen molar-refractivity contribution in [3.8, 4) is 5.75 Å². The SMILES string of the molecule is CCNc1cc(C)nc(N2CCN(C(=O)c3ccc(OCC)cc3)CC2)n1. The second-order valence-corrected chi connectivity index (χ2v) is 6.46. The number of nitrogens with zero attached hydrogens (tertiary/aromatic N) is 4. The summed E-state index contributed by atoms with van der Waals surface area (Å²) in [4.78, 5) is 25.9. The largest absolute Gasteiger partial charge is 0.494 e. The summed E-state index contributed by atoms with van der Waals surface area (Å²) < 4.78 is 5.44. The van der Waals surface area contributed by atoms with Gasteiger partial charge >= 0.3 is 0 Å². The van der Waals surface area contributed by atoms with E-state index in [1.165, 1.54) is 0 Å². The summed E-state index contributed by atoms with van der Waals surface area (Å²) in [5.74, 6) is 2.40. The average Bonchev–Trinajstić information content (AvgIpc) is 2.68. The summed E-state index contributed by atoms with van der Waals surface area (Å²) >= 11 is 0. The fraction of sp³-hybridized carbons (Fsp3) is 0.450. The number of benzene rings is 1. The zero-order valence-electron chi connectivity index (χ0n) is 16.2. The van der Waals surface area contributed by atoms with Crippen molar-refractivity contribution < 1.29 is 9.53 Å². The van der Waals surface area contributed by atoms with Crippen LogP contribution in [0.2, 0.25) is 0 Å². The molecule has 0 spiro atoms. The first kappa shape index (κ1) is 18.9. The van der Waals surface area contributed by atoms with Crippen LogP contribution in [0.3, 0.4) is 0 Å². The Morgan fingerprint density at radius 2 is 1.81 bits per heavy atom. The van der Waals surface area contributed by atoms with Crippen LogP contribution in [0.15, 0.2) is 30.3 Å². The highest BCUT2D eigenvalue weighted by Crippen LogP contribution is 2.18. The molecule has 7 nitrogen and oxygen atoms in total. The van der Waals surface area contributed by atoms with Gasteiger partial charge in [0.15, 0.2) is 0 Å². The summed E-state index contributed by atoms with van der Waals surface area (Å²) in [6, 6.07) is 9.28. The molecule has 1 saturated heterocycles. The van der Waals surface area contributed by atoms with Gasteiger partial charge in [-0.15, -0.1) is 0 Å². The molecule has 0 saturated carbocycles. The first-order chi connectivity index (χ1) is 13.1. The number of nitrogens with one attached hydrogen (secondary N) is 1. The molecule has 0 radical (unpaired) electrons. The number of rotatable bonds is 6. The van der Waals surface area contributed by atoms with Gasteiger partial charge in [0.2, 0.25) is 5.95 Å². The van der Waals surface area contributed by atoms with Crippen molar-refractivity contribution >= 4 is 17.7 Å². The van der Waals surface area contributed by atoms with E-state index in [9.17, 15) is 4.79 Å². The number of carbonyl (C=O) groups excluding carboxylic acids is 1. The summed E-state index contributed by atoms with van der Waals surface area (Å²) in [6.07, 6.45) is 0. The smallest absolute Gasteiger partial charge is 0.253 e. The Bertz CT molecular complexity index is 770. The van der Waals surface area contributed by atoms with Crippen LogP contribution in [0.4, 0.5) is 11.8 Å². The molecule has 7 heteroatoms. The molecule has 1 aliphatic rings. The number of aryl methyl sites for hydroxylation is 1. The molecule has 144 valence electrons. The van der Waals surface area contributed by atoms with Crippen molar-refractivity contribution in [3.05, 3.63) is 41.6 Å². The highest BCUT2D eigenvalue weighted by Gasteiger charge is 2.24. The van der Waals surface area contributed by atoms with Crippen molar-refractivity contribution in [2.45, 2.75) is 20.8 Å². The molecule has 1 N–H and O–H groups in total. The molecule has 0 bridgehead atoms. The summed E-state index contributed by atoms with van der Waals surface area (Å²) in [6.45, 7) is 10.1. The predicted molar refractivity (Wildman–Crippen MR) is 107 cm³/mol. The lowest BCUT2D eigenvalue weighted by Crippen LogP contribution is -2.49. The Balaban J connectivity index is 1.62. The standard InChI is InChI=1S/C20H27N5O2/c1-4-21-18-14-15(3)22-20(23-18)25-12-10-24(11-13-25)19(26)16-6-8-17(9-7-16)27-5-2/h6-9,14H,4-5,10-13H2,1-3H3,(H,21,22,23). The minimum absolute atomic E-state index is 0.0520. The van der Waals surface area contributed by atoms with Crippen LogP contribution < -0.4 is 15.0 Å². The Morgan fingerprint density at radius 3 is 2.44 bits per heavy atom. The van der Waals surface area contributed by atoms with Crippen molar-refractivity contribution in [2.75, 3.05) is 49.5 Å². The Kier molecular flexibility index (Phi) is 6.11. The minimum atomic E-state index is 0.0520. The predicted octanol–water partition coefficient (Wildman–Crippen LogP) is 2.58. The maximum Gasteiger partial charge on any atom is 0.253 e. The number of ether oxygens (including phenoxy) is 1. The monoisotopic (exact) mass is 369 g/mol. The summed E-state index contributed by atoms with van der Waals surface area (Å²) in [7, 11) is 0. The molecule has 1 aromatic heterocycles. The third-order valence-electron chi connectivity index (χ3n) is 4.46. The highest BCUT2D eigenvalue weighted by molar-refractivity contribution is 5.94. The van der Waals surface area contributed by atoms with E-state index in [1.807, 2.05) is 56.0 Å². The third-order valence-corrected chi connectivity index (χ3v) is 4.46. The van der Waals surface area contributed by atoms with Gasteiger partial charge in [-0.3, -0.25) is 4.79 Å². The normalized spacial score (nSPS) is 14.2. The van der Waals surface area contributed by atoms with Gasteiger partial charge in [0.1, 0.15) is 11.6 Å². The Labute approximate surface area is 160 Å². The summed E-state index contributed by atoms with van der Waals surface area (Å²) in [5.41, 5.74) is 1.62. The van der Waals surface area contributed by atoms with E-state index < -0.39 is 0 Å². The van der Waals surface area contributed by atoms with Gasteiger partial charge in [-0.2, -0.15) is 4.98 Å². The van der Waals surface area contributed by atoms with E-state index in [0.29, 0.717) is 25.3 Å². The molecular weight excluding hydrogens is 342 g/mol. The Hall–Kier alpha value is -2.83. The average molecular weight is 369 g/mol. The zero-order chi connectivity index (χ0) is 19.2. The number of amides is 1. The van der Waals surface area contributed by atoms with Gasteiger partial charge < -0.3 is 19.9 Å². The van der Waals surface area contributed by atoms with Crippen molar-refractivity contribution in [2.24, 2.45) is 0 Å². The maximum atomic E-state index is 12.7. The second kappa shape index (κ2) is 8.70. The molecule has 0 atom stereocenters. The van der Waals surface area contributed by atoms with Crippen molar-refractivity contribution in [1.82, 2.24) is 14.9 Å². The molecule has 1 aromatic carbocycles. The van der Waals surface area contributed by atoms with Crippen LogP contribution in [-0.2, 0) is 0 Å². The lowest BCUT2D eigenvalue weighted by atomic mass is 10.1. The molecule has 27 heavy (non-hydrogen) atoms. The maximum absolute atomic E-state index is 12.7. The number of carbonyl (C=O) groups is 1. The number of aromatic nitrogens is 2. The fourth-order valence-corrected chi connectivity index (χ4v) is 3.12. The van der Waals surface area contributed by atoms with Gasteiger partial charge in [0.25, 0.3) is 5.91 Å². The molecule has 0 aliphatic carbocycles. The summed E-state index contributed by atoms with van der Waals surface area (Å²) in [5, 5.41) is 3.24. The Morgan fingerprint density at radius 1 is 1.11 bits per heavy atom. The fourth-order valence-electron chi connectivity index (χ4n) is 3.12. The number of hydrogen-bond donors (Lipinski definition) is 1. The van der Waals surface area contributed by atoms with E-state index in [1.54, 1.807) is 0 Å². The van der Waals surface area contributed by atoms with Crippen molar-refractivity contribution in [3.63, 3.8) is 0 Å². The van der Waals surface area contributed by atoms with Gasteiger partial charge in [-0.25, -0.2) is 4.98 Å². The quantitative estimate of drug-likeness (QED) is 0.844. The van der Waals surface area contributed by atoms with E-state index in [0.717, 1.165) is 42.8 Å². The van der Waals surface area contributed by atoms with Crippen LogP contribution in [0.25, 0.3) is 0 Å². The first-order valence-electron chi connectivity index (χ1n) is 9.47. The molecule has 0 unspecified atom stereocenters. The molecule has 1 fully saturated rings. The van der Waals surface area contributed by atoms with Crippen LogP contribution in [0, 0.1) is 6.92 Å². The van der Waals surface area contributed by atoms with Crippen LogP contribution >= 0.6 is 0 Å². The molecule has 1 amide bonds. The van der Waals surface area contributed by atoms with Crippen molar-refractivity contribution in [1.29, 1.82) is 0 Å². The van der Waals surface area contributed by atoms with E-state index >= 15 is 0 Å². The second-order valence-electron chi connectivity index (χ2n) is 6.46. The molecule has 2 heterocycles. The molecule has 1 aliphatic heterocycles. The van der Waals surface area contributed by atoms with Gasteiger partial charge in [0.05, 0.1) is 6.61 Å². The first-order valence-corrected chi connectivity index (χ1v) is 9.47. The highest BCUT2D eigenvalue weighted by atomic mass is 16.5. The minimum Gasteiger partial charge on any atom is -0.494 e. The van der Waals surface area contributed by atoms with Crippen LogP contribution in [0.5, 0.6) is 5.75 Å². The van der Waals surface area contributed by atoms with Gasteiger partial charge in [0, 0.05) is 50.0 Å². The van der Waals surface area contributed by atoms with Crippen LogP contribution in [0.1, 0.15) is 29.9 Å². The molecule has 3 rings (SSSR count). The number of hydrogen-bond acceptors (Lipinski definition) is 6. The lowest BCUT2D eigenvalue weighted by Gasteiger charge is -2.35. The molecule has 2 aromatic rings. The zero-order valence-corrected chi connectivity index (χ0v) is 16.2. The van der Waals surface area contributed by atoms with Crippen LogP contribution in [-0.4, -0.2) is 60.1 Å². The van der Waals surface area contributed by atoms with E-state index in [4.69, 9.17) is 4.74 Å². The lowest BCUT2D eigenvalue weighted by molar-refractivity contribution is 0.0746.